The van der Waals surface area contributed by atoms with Gasteiger partial charge in [-0.2, -0.15) is 52.7 Å². The fourth-order valence-electron chi connectivity index (χ4n) is 15.4. The molecule has 2 aliphatic heterocycles. The summed E-state index contributed by atoms with van der Waals surface area (Å²) in [5, 5.41) is -0.947. The first-order chi connectivity index (χ1) is 61.4. The molecule has 2 atom stereocenters. The molecule has 30 nitrogen and oxygen atoms in total. The number of ether oxygens (including phenoxy) is 8. The van der Waals surface area contributed by atoms with Crippen molar-refractivity contribution in [2.75, 3.05) is 112 Å². The van der Waals surface area contributed by atoms with Crippen LogP contribution in [-0.4, -0.2) is 241 Å². The summed E-state index contributed by atoms with van der Waals surface area (Å²) in [7, 11) is 2.89. The maximum absolute atomic E-state index is 16.4. The molecule has 0 saturated carbocycles. The van der Waals surface area contributed by atoms with Gasteiger partial charge in [0.25, 0.3) is 23.6 Å². The molecule has 0 aromatic heterocycles. The Morgan fingerprint density at radius 2 is 0.492 bits per heavy atom. The molecule has 9 aromatic carbocycles. The number of amides is 6. The fraction of sp³-hybridized carbons (Fsp3) is 0.405. The molecular formula is C84H92F12N4O26Si4. The van der Waals surface area contributed by atoms with Gasteiger partial charge in [0.2, 0.25) is 23.9 Å². The molecule has 0 bridgehead atoms. The fourth-order valence-corrected chi connectivity index (χ4v) is 21.2. The second-order valence-corrected chi connectivity index (χ2v) is 42.3. The van der Waals surface area contributed by atoms with Crippen LogP contribution in [0.2, 0.25) is 24.2 Å². The van der Waals surface area contributed by atoms with Crippen LogP contribution in [0.4, 0.5) is 52.7 Å². The first-order valence-electron chi connectivity index (χ1n) is 39.7. The third-order valence-corrected chi connectivity index (χ3v) is 32.5. The minimum Gasteiger partial charge on any atom is -0.493 e. The summed E-state index contributed by atoms with van der Waals surface area (Å²) in [5.74, 6) is -16.3. The van der Waals surface area contributed by atoms with E-state index < -0.39 is 187 Å². The molecule has 0 saturated heterocycles. The number of nitrogens with zero attached hydrogens (tertiary/aromatic N) is 2. The maximum Gasteiger partial charge on any atom is 0.503 e. The van der Waals surface area contributed by atoms with Crippen LogP contribution in [0, 0.1) is 11.8 Å². The lowest BCUT2D eigenvalue weighted by Gasteiger charge is -2.38. The van der Waals surface area contributed by atoms with E-state index in [9.17, 15) is 62.3 Å². The molecule has 46 heteroatoms. The van der Waals surface area contributed by atoms with Crippen LogP contribution >= 0.6 is 0 Å². The highest BCUT2D eigenvalue weighted by atomic mass is 28.4. The summed E-state index contributed by atoms with van der Waals surface area (Å²) < 4.78 is 297. The lowest BCUT2D eigenvalue weighted by atomic mass is 9.80. The number of nitrogens with one attached hydrogen (secondary N) is 2. The zero-order chi connectivity index (χ0) is 95.3. The number of halogens is 12. The minimum atomic E-state index is -6.23. The minimum absolute atomic E-state index is 0.0462. The van der Waals surface area contributed by atoms with E-state index in [1.165, 1.54) is 182 Å². The number of hydrogen-bond acceptors (Lipinski definition) is 26. The predicted molar refractivity (Wildman–Crippen MR) is 448 cm³/mol. The van der Waals surface area contributed by atoms with E-state index in [2.05, 4.69) is 0 Å². The van der Waals surface area contributed by atoms with Crippen LogP contribution in [0.5, 0.6) is 69.0 Å². The number of carbonyl (C=O) groups is 6. The number of hydrogen-bond donors (Lipinski definition) is 2. The van der Waals surface area contributed by atoms with Crippen LogP contribution in [-0.2, 0) is 62.7 Å². The topological polar surface area (TPSA) is 318 Å². The first-order valence-corrected chi connectivity index (χ1v) is 47.4. The van der Waals surface area contributed by atoms with Crippen molar-refractivity contribution in [2.45, 2.75) is 101 Å². The van der Waals surface area contributed by atoms with Gasteiger partial charge in [0.1, 0.15) is 81.1 Å². The van der Waals surface area contributed by atoms with Crippen molar-refractivity contribution in [3.8, 4) is 69.0 Å². The highest BCUT2D eigenvalue weighted by molar-refractivity contribution is 6.62. The zero-order valence-electron chi connectivity index (χ0n) is 72.7. The van der Waals surface area contributed by atoms with Crippen molar-refractivity contribution in [3.05, 3.63) is 144 Å². The molecule has 130 heavy (non-hydrogen) atoms. The molecule has 2 heterocycles. The summed E-state index contributed by atoms with van der Waals surface area (Å²) in [5.41, 5.74) is -2.72. The molecule has 9 aromatic rings. The van der Waals surface area contributed by atoms with Crippen molar-refractivity contribution in [3.63, 3.8) is 0 Å². The quantitative estimate of drug-likeness (QED) is 0.0118. The molecule has 0 radical (unpaired) electrons. The molecule has 0 fully saturated rings. The normalized spacial score (nSPS) is 14.3. The summed E-state index contributed by atoms with van der Waals surface area (Å²) in [6.45, 7) is 3.91. The average Bonchev–Trinajstić information content (AvgIpc) is 0.668. The third kappa shape index (κ3) is 20.7. The molecule has 2 unspecified atom stereocenters. The van der Waals surface area contributed by atoms with Gasteiger partial charge in [-0.05, 0) is 84.6 Å². The molecule has 704 valence electrons. The zero-order valence-corrected chi connectivity index (χ0v) is 76.7. The highest BCUT2D eigenvalue weighted by Crippen LogP contribution is 2.59. The smallest absolute Gasteiger partial charge is 0.493 e. The van der Waals surface area contributed by atoms with Crippen LogP contribution in [0.25, 0.3) is 43.1 Å². The summed E-state index contributed by atoms with van der Waals surface area (Å²) in [4.78, 5) is 95.5. The second kappa shape index (κ2) is 40.3. The van der Waals surface area contributed by atoms with Crippen molar-refractivity contribution in [1.29, 1.82) is 0 Å². The molecule has 0 aliphatic carbocycles. The molecule has 2 N–H and O–H groups in total. The van der Waals surface area contributed by atoms with Crippen LogP contribution < -0.4 is 48.5 Å². The standard InChI is InChI=1S/C84H92F12N4O26Si4/c1-45(2)71(73(101)97-79(81(85,86)87)82(88,89)90)99-75(103)55-41-59(123-51-25-17-21-47(37-51)119-29-33-127(107-5,108-6)109-7)65-67-61(125-53-27-19-23-49(39-53)121-31-35-129(113-11,114-12)115-13)43-57-64-58(78(106)100(77(57)105)72(46(3)4)74(102)98-80(83(91,92)93)84(94,95)96)44-62(126-54-28-20-24-50(40-54)122-32-36-130(116-14,117-15)118-16)68(70(64)67)66-60(42-56(76(99)104)63(55)69(65)66)124-52-26-18-22-48(38-52)120-30-34-128(110-8,111-9)112-10/h17-28,37-46,71-72,79-80H,29-36H2,1-16H3,(H,97,101)(H,98,102). The maximum atomic E-state index is 16.4. The van der Waals surface area contributed by atoms with Gasteiger partial charge in [0.15, 0.2) is 0 Å². The number of carbonyl (C=O) groups excluding carboxylic acids is 6. The summed E-state index contributed by atoms with van der Waals surface area (Å²) in [6, 6.07) is 12.7. The Bertz CT molecular complexity index is 4970. The Labute approximate surface area is 740 Å². The van der Waals surface area contributed by atoms with Crippen molar-refractivity contribution in [1.82, 2.24) is 20.4 Å². The Balaban J connectivity index is 1.34. The van der Waals surface area contributed by atoms with Gasteiger partial charge in [-0.3, -0.25) is 38.6 Å². The van der Waals surface area contributed by atoms with Gasteiger partial charge >= 0.3 is 59.9 Å². The third-order valence-electron chi connectivity index (χ3n) is 21.8. The second-order valence-electron chi connectivity index (χ2n) is 30.0. The Hall–Kier alpha value is -10.6. The SMILES string of the molecule is CO[Si](CCOc1cccc(Oc2cc3c4c(cc(Oc5cccc(OCC[Si](OC)(OC)OC)c5)c5c6c(Oc7cccc(OCC[Si](OC)(OC)OC)c7)cc7c8c(cc(Oc9cccc(OCC[Si](OC)(OC)OC)c9)c(c2c45)c86)C(=O)N(C(C(=O)NC(C(F)(F)F)C(F)(F)F)C(C)C)C7=O)C(=O)N(C(C(=O)NC(C(F)(F)F)C(F)(F)F)C(C)C)C3=O)c1)(OC)OC. The van der Waals surface area contributed by atoms with Gasteiger partial charge in [-0.1, -0.05) is 52.0 Å². The van der Waals surface area contributed by atoms with Crippen LogP contribution in [0.1, 0.15) is 69.1 Å². The largest absolute Gasteiger partial charge is 0.503 e. The number of fused-ring (bicyclic) bond motifs is 2. The van der Waals surface area contributed by atoms with E-state index in [0.717, 1.165) is 62.6 Å². The van der Waals surface area contributed by atoms with E-state index in [1.54, 1.807) is 0 Å². The molecular weight excluding hydrogens is 1820 g/mol. The first kappa shape index (κ1) is 100. The van der Waals surface area contributed by atoms with E-state index >= 15 is 19.2 Å². The number of rotatable bonds is 44. The Kier molecular flexibility index (Phi) is 31.0. The molecule has 11 rings (SSSR count). The Morgan fingerprint density at radius 3 is 0.669 bits per heavy atom. The van der Waals surface area contributed by atoms with E-state index in [0.29, 0.717) is 0 Å². The van der Waals surface area contributed by atoms with Crippen molar-refractivity contribution < 1.29 is 172 Å². The van der Waals surface area contributed by atoms with Gasteiger partial charge in [-0.15, -0.1) is 0 Å². The van der Waals surface area contributed by atoms with Crippen LogP contribution in [0.3, 0.4) is 0 Å². The summed E-state index contributed by atoms with van der Waals surface area (Å²) >= 11 is 0. The summed E-state index contributed by atoms with van der Waals surface area (Å²) in [6.07, 6.45) is -24.9. The number of benzene rings is 9. The van der Waals surface area contributed by atoms with Crippen molar-refractivity contribution >= 4 is 114 Å². The van der Waals surface area contributed by atoms with E-state index in [-0.39, 0.29) is 139 Å². The molecule has 0 spiro atoms. The van der Waals surface area contributed by atoms with Crippen molar-refractivity contribution in [2.24, 2.45) is 11.8 Å². The van der Waals surface area contributed by atoms with Gasteiger partial charge < -0.3 is 102 Å². The molecule has 2 aliphatic rings. The van der Waals surface area contributed by atoms with E-state index in [1.807, 2.05) is 0 Å². The predicted octanol–water partition coefficient (Wildman–Crippen LogP) is 16.4. The Morgan fingerprint density at radius 1 is 0.300 bits per heavy atom. The number of imide groups is 2. The molecule has 6 amide bonds. The van der Waals surface area contributed by atoms with Crippen LogP contribution in [0.15, 0.2) is 121 Å². The average molecular weight is 1910 g/mol. The highest BCUT2D eigenvalue weighted by Gasteiger charge is 2.61. The lowest BCUT2D eigenvalue weighted by Crippen LogP contribution is -2.62. The lowest BCUT2D eigenvalue weighted by molar-refractivity contribution is -0.259. The van der Waals surface area contributed by atoms with Gasteiger partial charge in [-0.25, -0.2) is 0 Å². The monoisotopic (exact) mass is 1910 g/mol. The number of alkyl halides is 12. The van der Waals surface area contributed by atoms with Gasteiger partial charge in [0, 0.05) is 153 Å². The van der Waals surface area contributed by atoms with Gasteiger partial charge in [0.05, 0.1) is 72.9 Å². The van der Waals surface area contributed by atoms with E-state index in [4.69, 9.17) is 91.0 Å².